The van der Waals surface area contributed by atoms with E-state index in [0.29, 0.717) is 25.5 Å². The van der Waals surface area contributed by atoms with E-state index in [1.165, 1.54) is 4.31 Å². The average Bonchev–Trinajstić information content (AvgIpc) is 2.67. The van der Waals surface area contributed by atoms with Gasteiger partial charge in [-0.05, 0) is 27.7 Å². The van der Waals surface area contributed by atoms with Crippen molar-refractivity contribution in [1.82, 2.24) is 13.9 Å². The van der Waals surface area contributed by atoms with Crippen molar-refractivity contribution < 1.29 is 8.42 Å². The van der Waals surface area contributed by atoms with Crippen LogP contribution in [-0.2, 0) is 16.6 Å². The normalized spacial score (nSPS) is 12.6. The van der Waals surface area contributed by atoms with E-state index >= 15 is 0 Å². The van der Waals surface area contributed by atoms with Crippen molar-refractivity contribution in [2.24, 2.45) is 5.73 Å². The molecule has 18 heavy (non-hydrogen) atoms. The first-order valence-electron chi connectivity index (χ1n) is 6.10. The number of hydrogen-bond acceptors (Lipinski definition) is 4. The lowest BCUT2D eigenvalue weighted by atomic mass is 10.4. The maximum atomic E-state index is 12.4. The van der Waals surface area contributed by atoms with Gasteiger partial charge in [-0.3, -0.25) is 0 Å². The van der Waals surface area contributed by atoms with Gasteiger partial charge >= 0.3 is 0 Å². The molecular weight excluding hydrogens is 252 g/mol. The van der Waals surface area contributed by atoms with Gasteiger partial charge in [-0.2, -0.15) is 4.31 Å². The number of nitrogens with zero attached hydrogens (tertiary/aromatic N) is 3. The number of imidazole rings is 1. The van der Waals surface area contributed by atoms with E-state index in [-0.39, 0.29) is 11.1 Å². The van der Waals surface area contributed by atoms with Crippen LogP contribution in [0.1, 0.15) is 26.6 Å². The van der Waals surface area contributed by atoms with Crippen molar-refractivity contribution in [3.05, 3.63) is 12.0 Å². The first-order valence-corrected chi connectivity index (χ1v) is 7.54. The summed E-state index contributed by atoms with van der Waals surface area (Å²) in [5.41, 5.74) is 5.47. The number of sulfonamides is 1. The molecule has 1 rings (SSSR count). The van der Waals surface area contributed by atoms with Gasteiger partial charge in [0.25, 0.3) is 10.0 Å². The van der Waals surface area contributed by atoms with Gasteiger partial charge in [-0.1, -0.05) is 0 Å². The van der Waals surface area contributed by atoms with E-state index in [4.69, 9.17) is 5.73 Å². The summed E-state index contributed by atoms with van der Waals surface area (Å²) in [4.78, 5) is 4.13. The number of rotatable bonds is 6. The molecule has 6 nitrogen and oxygen atoms in total. The van der Waals surface area contributed by atoms with Gasteiger partial charge < -0.3 is 10.3 Å². The molecule has 0 unspecified atom stereocenters. The Morgan fingerprint density at radius 1 is 1.50 bits per heavy atom. The molecule has 0 bridgehead atoms. The summed E-state index contributed by atoms with van der Waals surface area (Å²) in [6.45, 7) is 8.71. The fourth-order valence-electron chi connectivity index (χ4n) is 1.83. The first-order chi connectivity index (χ1) is 8.34. The minimum absolute atomic E-state index is 0.101. The second-order valence-electron chi connectivity index (χ2n) is 4.41. The third-order valence-corrected chi connectivity index (χ3v) is 4.74. The number of hydrogen-bond donors (Lipinski definition) is 1. The monoisotopic (exact) mass is 274 g/mol. The maximum absolute atomic E-state index is 12.4. The van der Waals surface area contributed by atoms with Crippen LogP contribution >= 0.6 is 0 Å². The first kappa shape index (κ1) is 15.1. The van der Waals surface area contributed by atoms with Crippen LogP contribution in [0.25, 0.3) is 0 Å². The van der Waals surface area contributed by atoms with Crippen molar-refractivity contribution in [3.8, 4) is 0 Å². The van der Waals surface area contributed by atoms with E-state index < -0.39 is 10.0 Å². The third-order valence-electron chi connectivity index (χ3n) is 2.79. The van der Waals surface area contributed by atoms with Crippen molar-refractivity contribution in [3.63, 3.8) is 0 Å². The fraction of sp³-hybridized carbons (Fsp3) is 0.727. The second kappa shape index (κ2) is 5.81. The highest BCUT2D eigenvalue weighted by molar-refractivity contribution is 7.89. The third kappa shape index (κ3) is 2.90. The largest absolute Gasteiger partial charge is 0.334 e. The second-order valence-corrected chi connectivity index (χ2v) is 6.25. The van der Waals surface area contributed by atoms with E-state index in [1.807, 2.05) is 25.3 Å². The standard InChI is InChI=1S/C11H22N4O2S/c1-5-14-8-11(13-10(14)4)18(16,17)15(7-6-12)9(2)3/h8-9H,5-7,12H2,1-4H3. The van der Waals surface area contributed by atoms with E-state index in [1.54, 1.807) is 13.1 Å². The molecule has 0 amide bonds. The molecule has 0 saturated carbocycles. The van der Waals surface area contributed by atoms with Crippen LogP contribution in [0.15, 0.2) is 11.2 Å². The lowest BCUT2D eigenvalue weighted by Crippen LogP contribution is -2.40. The van der Waals surface area contributed by atoms with Gasteiger partial charge in [0.1, 0.15) is 5.82 Å². The zero-order chi connectivity index (χ0) is 13.9. The molecule has 7 heteroatoms. The van der Waals surface area contributed by atoms with Gasteiger partial charge in [-0.15, -0.1) is 0 Å². The molecule has 1 heterocycles. The molecule has 0 aliphatic carbocycles. The summed E-state index contributed by atoms with van der Waals surface area (Å²) in [6.07, 6.45) is 1.58. The predicted molar refractivity (Wildman–Crippen MR) is 70.7 cm³/mol. The molecule has 0 saturated heterocycles. The molecule has 0 atom stereocenters. The van der Waals surface area contributed by atoms with E-state index in [0.717, 1.165) is 0 Å². The Hall–Kier alpha value is -0.920. The Morgan fingerprint density at radius 3 is 2.50 bits per heavy atom. The summed E-state index contributed by atoms with van der Waals surface area (Å²) in [7, 11) is -3.55. The van der Waals surface area contributed by atoms with Gasteiger partial charge in [0, 0.05) is 31.9 Å². The topological polar surface area (TPSA) is 81.2 Å². The van der Waals surface area contributed by atoms with Crippen molar-refractivity contribution in [1.29, 1.82) is 0 Å². The number of aryl methyl sites for hydroxylation is 2. The fourth-order valence-corrected chi connectivity index (χ4v) is 3.48. The predicted octanol–water partition coefficient (Wildman–Crippen LogP) is 0.569. The molecule has 0 aliphatic rings. The lowest BCUT2D eigenvalue weighted by Gasteiger charge is -2.24. The number of aromatic nitrogens is 2. The maximum Gasteiger partial charge on any atom is 0.262 e. The molecule has 0 aromatic carbocycles. The Morgan fingerprint density at radius 2 is 2.11 bits per heavy atom. The van der Waals surface area contributed by atoms with Crippen LogP contribution in [0, 0.1) is 6.92 Å². The van der Waals surface area contributed by atoms with Crippen molar-refractivity contribution >= 4 is 10.0 Å². The minimum atomic E-state index is -3.55. The summed E-state index contributed by atoms with van der Waals surface area (Å²) in [5.74, 6) is 0.701. The highest BCUT2D eigenvalue weighted by atomic mass is 32.2. The smallest absolute Gasteiger partial charge is 0.262 e. The molecule has 1 aromatic heterocycles. The highest BCUT2D eigenvalue weighted by Crippen LogP contribution is 2.17. The van der Waals surface area contributed by atoms with Crippen LogP contribution in [0.4, 0.5) is 0 Å². The quantitative estimate of drug-likeness (QED) is 0.822. The summed E-state index contributed by atoms with van der Waals surface area (Å²) < 4.78 is 28.1. The van der Waals surface area contributed by atoms with Crippen LogP contribution in [0.2, 0.25) is 0 Å². The van der Waals surface area contributed by atoms with E-state index in [9.17, 15) is 8.42 Å². The van der Waals surface area contributed by atoms with Crippen LogP contribution in [0.5, 0.6) is 0 Å². The molecule has 0 spiro atoms. The zero-order valence-corrected chi connectivity index (χ0v) is 12.2. The number of nitrogens with two attached hydrogens (primary N) is 1. The molecule has 104 valence electrons. The van der Waals surface area contributed by atoms with Crippen LogP contribution in [-0.4, -0.2) is 41.4 Å². The zero-order valence-electron chi connectivity index (χ0n) is 11.4. The molecule has 0 fully saturated rings. The van der Waals surface area contributed by atoms with Gasteiger partial charge in [0.15, 0.2) is 5.03 Å². The Kier molecular flexibility index (Phi) is 4.89. The van der Waals surface area contributed by atoms with Crippen molar-refractivity contribution in [2.75, 3.05) is 13.1 Å². The van der Waals surface area contributed by atoms with Gasteiger partial charge in [0.05, 0.1) is 0 Å². The lowest BCUT2D eigenvalue weighted by molar-refractivity contribution is 0.360. The van der Waals surface area contributed by atoms with Crippen molar-refractivity contribution in [2.45, 2.75) is 45.3 Å². The molecule has 0 aliphatic heterocycles. The Balaban J connectivity index is 3.17. The van der Waals surface area contributed by atoms with E-state index in [2.05, 4.69) is 4.98 Å². The Labute approximate surface area is 109 Å². The Bertz CT molecular complexity index is 493. The summed E-state index contributed by atoms with van der Waals surface area (Å²) >= 11 is 0. The SMILES string of the molecule is CCn1cc(S(=O)(=O)N(CCN)C(C)C)nc1C. The minimum Gasteiger partial charge on any atom is -0.334 e. The summed E-state index contributed by atoms with van der Waals surface area (Å²) in [5, 5.41) is 0.101. The van der Waals surface area contributed by atoms with Crippen LogP contribution in [0.3, 0.4) is 0 Å². The summed E-state index contributed by atoms with van der Waals surface area (Å²) in [6, 6.07) is -0.134. The molecular formula is C11H22N4O2S. The van der Waals surface area contributed by atoms with Gasteiger partial charge in [-0.25, -0.2) is 13.4 Å². The average molecular weight is 274 g/mol. The van der Waals surface area contributed by atoms with Gasteiger partial charge in [0.2, 0.25) is 0 Å². The molecule has 2 N–H and O–H groups in total. The highest BCUT2D eigenvalue weighted by Gasteiger charge is 2.29. The molecule has 1 aromatic rings. The van der Waals surface area contributed by atoms with Crippen LogP contribution < -0.4 is 5.73 Å². The molecule has 0 radical (unpaired) electrons.